The first-order valence-electron chi connectivity index (χ1n) is 8.53. The number of aliphatic hydroxyl groups excluding tert-OH is 1. The monoisotopic (exact) mass is 407 g/mol. The standard InChI is InChI=1S/C17H21ClF3N3O3/c18-13-3-2-11(17(19,20)21)10-14(13)23-16(27)15(26)22-6-1-7-24-8-4-12(25)5-9-24/h2-3,10,12,25H,1,4-9H2,(H,22,26)(H,23,27). The zero-order valence-corrected chi connectivity index (χ0v) is 15.2. The number of piperidine rings is 1. The van der Waals surface area contributed by atoms with Gasteiger partial charge in [0.2, 0.25) is 0 Å². The van der Waals surface area contributed by atoms with E-state index in [4.69, 9.17) is 11.6 Å². The van der Waals surface area contributed by atoms with E-state index in [9.17, 15) is 27.9 Å². The minimum Gasteiger partial charge on any atom is -0.393 e. The molecule has 10 heteroatoms. The van der Waals surface area contributed by atoms with Crippen LogP contribution in [0.1, 0.15) is 24.8 Å². The third-order valence-corrected chi connectivity index (χ3v) is 4.57. The normalized spacial score (nSPS) is 16.2. The van der Waals surface area contributed by atoms with Gasteiger partial charge in [-0.2, -0.15) is 13.2 Å². The second-order valence-electron chi connectivity index (χ2n) is 6.33. The summed E-state index contributed by atoms with van der Waals surface area (Å²) in [6.07, 6.45) is -2.80. The number of carbonyl (C=O) groups is 2. The van der Waals surface area contributed by atoms with Crippen molar-refractivity contribution in [2.75, 3.05) is 31.5 Å². The van der Waals surface area contributed by atoms with Crippen molar-refractivity contribution in [1.82, 2.24) is 10.2 Å². The summed E-state index contributed by atoms with van der Waals surface area (Å²) in [5.41, 5.74) is -1.26. The number of aliphatic hydroxyl groups is 1. The van der Waals surface area contributed by atoms with E-state index in [0.717, 1.165) is 25.2 Å². The zero-order chi connectivity index (χ0) is 20.0. The molecule has 2 amide bonds. The van der Waals surface area contributed by atoms with Gasteiger partial charge in [0.25, 0.3) is 0 Å². The molecule has 0 aromatic heterocycles. The second kappa shape index (κ2) is 9.38. The van der Waals surface area contributed by atoms with Crippen LogP contribution in [0.4, 0.5) is 18.9 Å². The van der Waals surface area contributed by atoms with Crippen LogP contribution in [0.5, 0.6) is 0 Å². The minimum atomic E-state index is -4.59. The van der Waals surface area contributed by atoms with Crippen molar-refractivity contribution >= 4 is 29.1 Å². The number of benzene rings is 1. The van der Waals surface area contributed by atoms with Gasteiger partial charge in [-0.15, -0.1) is 0 Å². The van der Waals surface area contributed by atoms with Crippen molar-refractivity contribution in [3.63, 3.8) is 0 Å². The van der Waals surface area contributed by atoms with Crippen molar-refractivity contribution < 1.29 is 27.9 Å². The van der Waals surface area contributed by atoms with Crippen molar-refractivity contribution in [3.8, 4) is 0 Å². The summed E-state index contributed by atoms with van der Waals surface area (Å²) >= 11 is 5.78. The predicted molar refractivity (Wildman–Crippen MR) is 94.4 cm³/mol. The topological polar surface area (TPSA) is 81.7 Å². The maximum Gasteiger partial charge on any atom is 0.416 e. The molecule has 0 spiro atoms. The van der Waals surface area contributed by atoms with E-state index in [1.54, 1.807) is 0 Å². The van der Waals surface area contributed by atoms with Crippen LogP contribution >= 0.6 is 11.6 Å². The Morgan fingerprint density at radius 2 is 1.89 bits per heavy atom. The van der Waals surface area contributed by atoms with Gasteiger partial charge in [0, 0.05) is 19.6 Å². The van der Waals surface area contributed by atoms with Crippen LogP contribution in [0, 0.1) is 0 Å². The van der Waals surface area contributed by atoms with Crippen LogP contribution < -0.4 is 10.6 Å². The lowest BCUT2D eigenvalue weighted by Crippen LogP contribution is -2.39. The number of anilines is 1. The van der Waals surface area contributed by atoms with Gasteiger partial charge >= 0.3 is 18.0 Å². The van der Waals surface area contributed by atoms with Crippen molar-refractivity contribution in [1.29, 1.82) is 0 Å². The summed E-state index contributed by atoms with van der Waals surface area (Å²) in [5.74, 6) is -2.03. The number of alkyl halides is 3. The number of nitrogens with one attached hydrogen (secondary N) is 2. The Labute approximate surface area is 159 Å². The number of likely N-dealkylation sites (tertiary alicyclic amines) is 1. The summed E-state index contributed by atoms with van der Waals surface area (Å²) in [6, 6.07) is 2.48. The molecule has 0 unspecified atom stereocenters. The molecular formula is C17H21ClF3N3O3. The quantitative estimate of drug-likeness (QED) is 0.516. The lowest BCUT2D eigenvalue weighted by molar-refractivity contribution is -0.137. The van der Waals surface area contributed by atoms with E-state index in [1.807, 2.05) is 0 Å². The average molecular weight is 408 g/mol. The number of amides is 2. The fourth-order valence-corrected chi connectivity index (χ4v) is 2.87. The molecule has 1 aliphatic rings. The minimum absolute atomic E-state index is 0.101. The van der Waals surface area contributed by atoms with Gasteiger partial charge in [-0.25, -0.2) is 0 Å². The molecule has 1 fully saturated rings. The maximum absolute atomic E-state index is 12.7. The molecule has 1 aromatic rings. The molecule has 150 valence electrons. The van der Waals surface area contributed by atoms with Gasteiger partial charge in [0.1, 0.15) is 0 Å². The van der Waals surface area contributed by atoms with E-state index in [-0.39, 0.29) is 23.4 Å². The highest BCUT2D eigenvalue weighted by molar-refractivity contribution is 6.41. The Balaban J connectivity index is 1.78. The van der Waals surface area contributed by atoms with Gasteiger partial charge < -0.3 is 20.6 Å². The van der Waals surface area contributed by atoms with Gasteiger partial charge in [-0.05, 0) is 44.0 Å². The number of carbonyl (C=O) groups excluding carboxylic acids is 2. The molecular weight excluding hydrogens is 387 g/mol. The Kier molecular flexibility index (Phi) is 7.46. The summed E-state index contributed by atoms with van der Waals surface area (Å²) in [6.45, 7) is 2.53. The maximum atomic E-state index is 12.7. The number of halogens is 4. The molecule has 6 nitrogen and oxygen atoms in total. The van der Waals surface area contributed by atoms with E-state index >= 15 is 0 Å². The first-order chi connectivity index (χ1) is 12.7. The lowest BCUT2D eigenvalue weighted by Gasteiger charge is -2.29. The Bertz CT molecular complexity index is 677. The molecule has 1 aromatic carbocycles. The molecule has 2 rings (SSSR count). The van der Waals surface area contributed by atoms with Crippen LogP contribution in [0.3, 0.4) is 0 Å². The third-order valence-electron chi connectivity index (χ3n) is 4.24. The number of hydrogen-bond acceptors (Lipinski definition) is 4. The number of nitrogens with zero attached hydrogens (tertiary/aromatic N) is 1. The predicted octanol–water partition coefficient (Wildman–Crippen LogP) is 2.26. The van der Waals surface area contributed by atoms with Crippen LogP contribution in [0.2, 0.25) is 5.02 Å². The van der Waals surface area contributed by atoms with Crippen LogP contribution in [0.25, 0.3) is 0 Å². The molecule has 1 heterocycles. The van der Waals surface area contributed by atoms with Crippen LogP contribution in [-0.4, -0.2) is 54.1 Å². The fourth-order valence-electron chi connectivity index (χ4n) is 2.70. The molecule has 27 heavy (non-hydrogen) atoms. The SMILES string of the molecule is O=C(NCCCN1CCC(O)CC1)C(=O)Nc1cc(C(F)(F)F)ccc1Cl. The molecule has 1 aliphatic heterocycles. The fraction of sp³-hybridized carbons (Fsp3) is 0.529. The molecule has 0 radical (unpaired) electrons. The number of rotatable bonds is 5. The Morgan fingerprint density at radius 3 is 2.52 bits per heavy atom. The summed E-state index contributed by atoms with van der Waals surface area (Å²) in [5, 5.41) is 13.9. The largest absolute Gasteiger partial charge is 0.416 e. The van der Waals surface area contributed by atoms with Gasteiger partial charge in [0.15, 0.2) is 0 Å². The lowest BCUT2D eigenvalue weighted by atomic mass is 10.1. The Morgan fingerprint density at radius 1 is 1.22 bits per heavy atom. The Hall–Kier alpha value is -1.84. The van der Waals surface area contributed by atoms with Crippen molar-refractivity contribution in [3.05, 3.63) is 28.8 Å². The highest BCUT2D eigenvalue weighted by Crippen LogP contribution is 2.33. The van der Waals surface area contributed by atoms with E-state index in [1.165, 1.54) is 0 Å². The van der Waals surface area contributed by atoms with Gasteiger partial charge in [0.05, 0.1) is 22.4 Å². The first kappa shape index (κ1) is 21.5. The molecule has 0 saturated carbocycles. The van der Waals surface area contributed by atoms with E-state index in [2.05, 4.69) is 15.5 Å². The molecule has 0 atom stereocenters. The average Bonchev–Trinajstić information content (AvgIpc) is 2.60. The molecule has 3 N–H and O–H groups in total. The van der Waals surface area contributed by atoms with Gasteiger partial charge in [-0.1, -0.05) is 11.6 Å². The summed E-state index contributed by atoms with van der Waals surface area (Å²) < 4.78 is 38.2. The third kappa shape index (κ3) is 6.67. The zero-order valence-electron chi connectivity index (χ0n) is 14.5. The van der Waals surface area contributed by atoms with E-state index < -0.39 is 23.6 Å². The number of hydrogen-bond donors (Lipinski definition) is 3. The molecule has 0 bridgehead atoms. The first-order valence-corrected chi connectivity index (χ1v) is 8.91. The highest BCUT2D eigenvalue weighted by Gasteiger charge is 2.31. The smallest absolute Gasteiger partial charge is 0.393 e. The van der Waals surface area contributed by atoms with E-state index in [0.29, 0.717) is 31.9 Å². The highest BCUT2D eigenvalue weighted by atomic mass is 35.5. The molecule has 0 aliphatic carbocycles. The second-order valence-corrected chi connectivity index (χ2v) is 6.74. The van der Waals surface area contributed by atoms with Crippen molar-refractivity contribution in [2.45, 2.75) is 31.5 Å². The van der Waals surface area contributed by atoms with Gasteiger partial charge in [-0.3, -0.25) is 9.59 Å². The summed E-state index contributed by atoms with van der Waals surface area (Å²) in [4.78, 5) is 25.8. The van der Waals surface area contributed by atoms with Crippen LogP contribution in [0.15, 0.2) is 18.2 Å². The van der Waals surface area contributed by atoms with Crippen molar-refractivity contribution in [2.24, 2.45) is 0 Å². The summed E-state index contributed by atoms with van der Waals surface area (Å²) in [7, 11) is 0. The van der Waals surface area contributed by atoms with Crippen LogP contribution in [-0.2, 0) is 15.8 Å². The molecule has 1 saturated heterocycles.